The molecular formula is C6H11NO4. The molecule has 0 heterocycles. The van der Waals surface area contributed by atoms with Crippen LogP contribution in [0.2, 0.25) is 0 Å². The van der Waals surface area contributed by atoms with Crippen molar-refractivity contribution in [1.82, 2.24) is 0 Å². The van der Waals surface area contributed by atoms with Gasteiger partial charge in [-0.25, -0.2) is 0 Å². The molecule has 0 aromatic carbocycles. The van der Waals surface area contributed by atoms with Gasteiger partial charge in [0.25, 0.3) is 0 Å². The van der Waals surface area contributed by atoms with E-state index in [1.54, 1.807) is 0 Å². The first-order valence-corrected chi connectivity index (χ1v) is 3.07. The summed E-state index contributed by atoms with van der Waals surface area (Å²) in [5.74, 6) is -1.48. The molecule has 0 saturated heterocycles. The molecule has 0 fully saturated rings. The summed E-state index contributed by atoms with van der Waals surface area (Å²) in [7, 11) is 1.37. The Hall–Kier alpha value is -0.940. The molecule has 0 amide bonds. The van der Waals surface area contributed by atoms with Gasteiger partial charge in [0.15, 0.2) is 5.78 Å². The van der Waals surface area contributed by atoms with E-state index >= 15 is 0 Å². The van der Waals surface area contributed by atoms with Crippen molar-refractivity contribution in [2.45, 2.75) is 12.5 Å². The second-order valence-corrected chi connectivity index (χ2v) is 2.12. The van der Waals surface area contributed by atoms with Crippen LogP contribution in [0.4, 0.5) is 0 Å². The van der Waals surface area contributed by atoms with Gasteiger partial charge in [0.1, 0.15) is 12.6 Å². The Balaban J connectivity index is 3.66. The summed E-state index contributed by atoms with van der Waals surface area (Å²) in [5.41, 5.74) is 5.07. The van der Waals surface area contributed by atoms with Gasteiger partial charge in [0.2, 0.25) is 0 Å². The summed E-state index contributed by atoms with van der Waals surface area (Å²) in [6, 6.07) is -1.11. The van der Waals surface area contributed by atoms with Crippen LogP contribution in [0, 0.1) is 0 Å². The molecule has 0 bridgehead atoms. The number of methoxy groups -OCH3 is 1. The summed E-state index contributed by atoms with van der Waals surface area (Å²) >= 11 is 0. The number of carbonyl (C=O) groups is 2. The Bertz CT molecular complexity index is 157. The highest BCUT2D eigenvalue weighted by atomic mass is 16.5. The Kier molecular flexibility index (Phi) is 4.40. The molecule has 0 aliphatic rings. The molecule has 0 saturated carbocycles. The fourth-order valence-electron chi connectivity index (χ4n) is 0.553. The summed E-state index contributed by atoms with van der Waals surface area (Å²) in [5, 5.41) is 8.28. The number of rotatable bonds is 5. The van der Waals surface area contributed by atoms with Gasteiger partial charge in [-0.2, -0.15) is 0 Å². The van der Waals surface area contributed by atoms with Crippen LogP contribution in [-0.2, 0) is 14.3 Å². The number of aliphatic carboxylic acids is 1. The first kappa shape index (κ1) is 10.1. The number of hydrogen-bond donors (Lipinski definition) is 2. The van der Waals surface area contributed by atoms with Gasteiger partial charge in [0, 0.05) is 13.5 Å². The normalized spacial score (nSPS) is 12.5. The zero-order valence-corrected chi connectivity index (χ0v) is 6.24. The molecular weight excluding hydrogens is 150 g/mol. The molecule has 64 valence electrons. The van der Waals surface area contributed by atoms with E-state index in [-0.39, 0.29) is 18.8 Å². The number of Topliss-reactive ketones (excluding diaryl/α,β-unsaturated/α-hetero) is 1. The lowest BCUT2D eigenvalue weighted by molar-refractivity contribution is -0.140. The molecule has 0 aromatic heterocycles. The second kappa shape index (κ2) is 4.81. The molecule has 0 radical (unpaired) electrons. The SMILES string of the molecule is COCC(=O)CC(N)C(=O)O. The predicted molar refractivity (Wildman–Crippen MR) is 37.1 cm³/mol. The van der Waals surface area contributed by atoms with E-state index in [9.17, 15) is 9.59 Å². The van der Waals surface area contributed by atoms with Gasteiger partial charge in [-0.15, -0.1) is 0 Å². The standard InChI is InChI=1S/C6H11NO4/c1-11-3-4(8)2-5(7)6(9)10/h5H,2-3,7H2,1H3,(H,9,10). The Labute approximate surface area is 64.1 Å². The minimum Gasteiger partial charge on any atom is -0.480 e. The van der Waals surface area contributed by atoms with Crippen molar-refractivity contribution in [3.05, 3.63) is 0 Å². The van der Waals surface area contributed by atoms with Crippen LogP contribution in [0.15, 0.2) is 0 Å². The summed E-state index contributed by atoms with van der Waals surface area (Å²) in [6.45, 7) is -0.0824. The predicted octanol–water partition coefficient (Wildman–Crippen LogP) is -0.996. The van der Waals surface area contributed by atoms with Crippen LogP contribution >= 0.6 is 0 Å². The largest absolute Gasteiger partial charge is 0.480 e. The van der Waals surface area contributed by atoms with E-state index in [1.807, 2.05) is 0 Å². The monoisotopic (exact) mass is 161 g/mol. The molecule has 0 aliphatic carbocycles. The second-order valence-electron chi connectivity index (χ2n) is 2.12. The van der Waals surface area contributed by atoms with E-state index in [1.165, 1.54) is 7.11 Å². The topological polar surface area (TPSA) is 89.6 Å². The molecule has 1 unspecified atom stereocenters. The average molecular weight is 161 g/mol. The number of carboxylic acid groups (broad SMARTS) is 1. The third kappa shape index (κ3) is 4.46. The van der Waals surface area contributed by atoms with Gasteiger partial charge >= 0.3 is 5.97 Å². The minimum atomic E-state index is -1.17. The van der Waals surface area contributed by atoms with E-state index in [4.69, 9.17) is 10.8 Å². The van der Waals surface area contributed by atoms with E-state index in [0.717, 1.165) is 0 Å². The smallest absolute Gasteiger partial charge is 0.320 e. The Morgan fingerprint density at radius 2 is 2.18 bits per heavy atom. The average Bonchev–Trinajstić information content (AvgIpc) is 1.87. The van der Waals surface area contributed by atoms with E-state index in [2.05, 4.69) is 4.74 Å². The first-order valence-electron chi connectivity index (χ1n) is 3.07. The molecule has 1 atom stereocenters. The Morgan fingerprint density at radius 3 is 2.55 bits per heavy atom. The van der Waals surface area contributed by atoms with Crippen molar-refractivity contribution in [3.63, 3.8) is 0 Å². The number of hydrogen-bond acceptors (Lipinski definition) is 4. The lowest BCUT2D eigenvalue weighted by atomic mass is 10.1. The summed E-state index contributed by atoms with van der Waals surface area (Å²) in [4.78, 5) is 20.8. The number of ether oxygens (including phenoxy) is 1. The number of carboxylic acids is 1. The third-order valence-corrected chi connectivity index (χ3v) is 1.07. The van der Waals surface area contributed by atoms with Crippen molar-refractivity contribution >= 4 is 11.8 Å². The molecule has 3 N–H and O–H groups in total. The van der Waals surface area contributed by atoms with Gasteiger partial charge in [-0.1, -0.05) is 0 Å². The van der Waals surface area contributed by atoms with Crippen LogP contribution in [-0.4, -0.2) is 36.6 Å². The van der Waals surface area contributed by atoms with Crippen LogP contribution < -0.4 is 5.73 Å². The third-order valence-electron chi connectivity index (χ3n) is 1.07. The van der Waals surface area contributed by atoms with Gasteiger partial charge in [0.05, 0.1) is 0 Å². The maximum Gasteiger partial charge on any atom is 0.320 e. The maximum atomic E-state index is 10.7. The summed E-state index contributed by atoms with van der Waals surface area (Å²) in [6.07, 6.45) is -0.177. The van der Waals surface area contributed by atoms with Gasteiger partial charge in [-0.05, 0) is 0 Å². The minimum absolute atomic E-state index is 0.0824. The van der Waals surface area contributed by atoms with Gasteiger partial charge in [-0.3, -0.25) is 9.59 Å². The maximum absolute atomic E-state index is 10.7. The quantitative estimate of drug-likeness (QED) is 0.540. The molecule has 11 heavy (non-hydrogen) atoms. The van der Waals surface area contributed by atoms with Crippen molar-refractivity contribution in [1.29, 1.82) is 0 Å². The molecule has 5 heteroatoms. The zero-order valence-electron chi connectivity index (χ0n) is 6.24. The zero-order chi connectivity index (χ0) is 8.85. The molecule has 0 aromatic rings. The fourth-order valence-corrected chi connectivity index (χ4v) is 0.553. The highest BCUT2D eigenvalue weighted by molar-refractivity contribution is 5.86. The highest BCUT2D eigenvalue weighted by Crippen LogP contribution is 1.90. The van der Waals surface area contributed by atoms with Crippen LogP contribution in [0.5, 0.6) is 0 Å². The number of ketones is 1. The van der Waals surface area contributed by atoms with Crippen molar-refractivity contribution in [2.24, 2.45) is 5.73 Å². The lowest BCUT2D eigenvalue weighted by Gasteiger charge is -2.03. The van der Waals surface area contributed by atoms with Crippen LogP contribution in [0.1, 0.15) is 6.42 Å². The highest BCUT2D eigenvalue weighted by Gasteiger charge is 2.15. The first-order chi connectivity index (χ1) is 5.07. The molecule has 5 nitrogen and oxygen atoms in total. The van der Waals surface area contributed by atoms with Crippen LogP contribution in [0.3, 0.4) is 0 Å². The molecule has 0 spiro atoms. The van der Waals surface area contributed by atoms with E-state index in [0.29, 0.717) is 0 Å². The van der Waals surface area contributed by atoms with Gasteiger partial charge < -0.3 is 15.6 Å². The van der Waals surface area contributed by atoms with Crippen molar-refractivity contribution in [2.75, 3.05) is 13.7 Å². The van der Waals surface area contributed by atoms with Crippen molar-refractivity contribution < 1.29 is 19.4 Å². The van der Waals surface area contributed by atoms with Crippen LogP contribution in [0.25, 0.3) is 0 Å². The summed E-state index contributed by atoms with van der Waals surface area (Å²) < 4.78 is 4.49. The van der Waals surface area contributed by atoms with E-state index < -0.39 is 12.0 Å². The number of nitrogens with two attached hydrogens (primary N) is 1. The molecule has 0 aliphatic heterocycles. The van der Waals surface area contributed by atoms with Crippen molar-refractivity contribution in [3.8, 4) is 0 Å². The molecule has 0 rings (SSSR count). The lowest BCUT2D eigenvalue weighted by Crippen LogP contribution is -2.33. The Morgan fingerprint density at radius 1 is 1.64 bits per heavy atom. The number of carbonyl (C=O) groups excluding carboxylic acids is 1. The fraction of sp³-hybridized carbons (Fsp3) is 0.667.